The summed E-state index contributed by atoms with van der Waals surface area (Å²) >= 11 is 0. The van der Waals surface area contributed by atoms with Gasteiger partial charge in [0.2, 0.25) is 0 Å². The summed E-state index contributed by atoms with van der Waals surface area (Å²) in [5.41, 5.74) is 3.36. The van der Waals surface area contributed by atoms with Crippen molar-refractivity contribution < 1.29 is 9.84 Å². The average Bonchev–Trinajstić information content (AvgIpc) is 2.49. The van der Waals surface area contributed by atoms with Crippen molar-refractivity contribution in [3.8, 4) is 5.75 Å². The van der Waals surface area contributed by atoms with Gasteiger partial charge in [-0.15, -0.1) is 0 Å². The van der Waals surface area contributed by atoms with E-state index in [0.29, 0.717) is 12.3 Å². The Labute approximate surface area is 128 Å². The van der Waals surface area contributed by atoms with Gasteiger partial charge in [-0.2, -0.15) is 0 Å². The summed E-state index contributed by atoms with van der Waals surface area (Å²) in [5, 5.41) is 9.38. The standard InChI is InChI=1S/C18H25NO2/c1-5-6-7-8-9-21-18-10-14(2)17(13-20)12-16(18)11-15(3)19-4/h10-12,20H,5-9,13H2,1-3H3/b15-11-. The predicted octanol–water partition coefficient (Wildman–Crippen LogP) is 4.73. The molecule has 0 fully saturated rings. The van der Waals surface area contributed by atoms with Gasteiger partial charge in [0.15, 0.2) is 5.70 Å². The summed E-state index contributed by atoms with van der Waals surface area (Å²) in [6, 6.07) is 3.86. The zero-order valence-electron chi connectivity index (χ0n) is 13.3. The molecule has 1 aromatic carbocycles. The SMILES string of the molecule is [C-]#[N+]/C(C)=C\c1cc(CO)c(C)cc1OCCCCCC. The number of benzene rings is 1. The molecule has 0 spiro atoms. The number of hydrogen-bond donors (Lipinski definition) is 1. The molecule has 0 aliphatic rings. The first-order valence-corrected chi connectivity index (χ1v) is 7.55. The molecule has 114 valence electrons. The van der Waals surface area contributed by atoms with Crippen molar-refractivity contribution >= 4 is 6.08 Å². The maximum absolute atomic E-state index is 9.38. The van der Waals surface area contributed by atoms with E-state index in [4.69, 9.17) is 11.3 Å². The summed E-state index contributed by atoms with van der Waals surface area (Å²) in [6.07, 6.45) is 6.47. The molecule has 3 heteroatoms. The van der Waals surface area contributed by atoms with Crippen LogP contribution in [0.25, 0.3) is 10.9 Å². The first kappa shape index (κ1) is 17.3. The van der Waals surface area contributed by atoms with Gasteiger partial charge in [0.05, 0.1) is 19.8 Å². The highest BCUT2D eigenvalue weighted by molar-refractivity contribution is 5.62. The fourth-order valence-electron chi connectivity index (χ4n) is 2.12. The molecule has 0 aromatic heterocycles. The van der Waals surface area contributed by atoms with Gasteiger partial charge >= 0.3 is 0 Å². The van der Waals surface area contributed by atoms with Crippen LogP contribution in [0.2, 0.25) is 0 Å². The highest BCUT2D eigenvalue weighted by Crippen LogP contribution is 2.26. The summed E-state index contributed by atoms with van der Waals surface area (Å²) in [7, 11) is 0. The molecule has 0 bridgehead atoms. The zero-order chi connectivity index (χ0) is 15.7. The molecule has 0 aliphatic carbocycles. The van der Waals surface area contributed by atoms with Gasteiger partial charge < -0.3 is 9.84 Å². The van der Waals surface area contributed by atoms with E-state index in [1.165, 1.54) is 19.3 Å². The molecule has 0 saturated carbocycles. The maximum atomic E-state index is 9.38. The molecular formula is C18H25NO2. The minimum absolute atomic E-state index is 0.000515. The van der Waals surface area contributed by atoms with E-state index in [1.54, 1.807) is 6.92 Å². The van der Waals surface area contributed by atoms with Crippen molar-refractivity contribution in [2.24, 2.45) is 0 Å². The lowest BCUT2D eigenvalue weighted by atomic mass is 10.0. The number of nitrogens with zero attached hydrogens (tertiary/aromatic N) is 1. The van der Waals surface area contributed by atoms with E-state index in [1.807, 2.05) is 25.1 Å². The molecule has 0 heterocycles. The van der Waals surface area contributed by atoms with Crippen molar-refractivity contribution in [1.82, 2.24) is 0 Å². The van der Waals surface area contributed by atoms with Crippen LogP contribution < -0.4 is 4.74 Å². The third-order valence-electron chi connectivity index (χ3n) is 3.43. The molecule has 0 saturated heterocycles. The van der Waals surface area contributed by atoms with Gasteiger partial charge in [0.1, 0.15) is 5.75 Å². The zero-order valence-corrected chi connectivity index (χ0v) is 13.3. The summed E-state index contributed by atoms with van der Waals surface area (Å²) in [4.78, 5) is 3.42. The minimum atomic E-state index is 0.000515. The quantitative estimate of drug-likeness (QED) is 0.554. The van der Waals surface area contributed by atoms with Crippen molar-refractivity contribution in [2.45, 2.75) is 53.1 Å². The normalized spacial score (nSPS) is 11.3. The molecule has 0 unspecified atom stereocenters. The Bertz CT molecular complexity index is 527. The van der Waals surface area contributed by atoms with Crippen molar-refractivity contribution in [3.05, 3.63) is 45.9 Å². The van der Waals surface area contributed by atoms with Crippen LogP contribution in [0, 0.1) is 13.5 Å². The van der Waals surface area contributed by atoms with Gasteiger partial charge in [-0.3, -0.25) is 0 Å². The van der Waals surface area contributed by atoms with Crippen molar-refractivity contribution in [1.29, 1.82) is 0 Å². The van der Waals surface area contributed by atoms with Gasteiger partial charge in [0, 0.05) is 5.56 Å². The molecule has 0 radical (unpaired) electrons. The third-order valence-corrected chi connectivity index (χ3v) is 3.43. The van der Waals surface area contributed by atoms with E-state index in [9.17, 15) is 5.11 Å². The lowest BCUT2D eigenvalue weighted by molar-refractivity contribution is 0.280. The van der Waals surface area contributed by atoms with Crippen LogP contribution in [-0.2, 0) is 6.61 Å². The molecule has 0 aliphatic heterocycles. The van der Waals surface area contributed by atoms with Crippen LogP contribution >= 0.6 is 0 Å². The number of hydrogen-bond acceptors (Lipinski definition) is 2. The first-order valence-electron chi connectivity index (χ1n) is 7.55. The third kappa shape index (κ3) is 5.61. The van der Waals surface area contributed by atoms with Crippen LogP contribution in [0.15, 0.2) is 17.8 Å². The summed E-state index contributed by atoms with van der Waals surface area (Å²) in [5.74, 6) is 0.796. The van der Waals surface area contributed by atoms with E-state index in [0.717, 1.165) is 28.9 Å². The van der Waals surface area contributed by atoms with Crippen LogP contribution in [0.3, 0.4) is 0 Å². The number of ether oxygens (including phenoxy) is 1. The van der Waals surface area contributed by atoms with E-state index < -0.39 is 0 Å². The Morgan fingerprint density at radius 2 is 2.10 bits per heavy atom. The molecule has 0 amide bonds. The Morgan fingerprint density at radius 3 is 2.71 bits per heavy atom. The van der Waals surface area contributed by atoms with E-state index >= 15 is 0 Å². The maximum Gasteiger partial charge on any atom is 0.163 e. The number of aryl methyl sites for hydroxylation is 1. The van der Waals surface area contributed by atoms with E-state index in [-0.39, 0.29) is 6.61 Å². The van der Waals surface area contributed by atoms with Crippen molar-refractivity contribution in [3.63, 3.8) is 0 Å². The summed E-state index contributed by atoms with van der Waals surface area (Å²) in [6.45, 7) is 13.7. The number of aliphatic hydroxyl groups is 1. The highest BCUT2D eigenvalue weighted by atomic mass is 16.5. The highest BCUT2D eigenvalue weighted by Gasteiger charge is 2.07. The number of aliphatic hydroxyl groups excluding tert-OH is 1. The monoisotopic (exact) mass is 287 g/mol. The van der Waals surface area contributed by atoms with Gasteiger partial charge in [0.25, 0.3) is 0 Å². The molecule has 1 rings (SSSR count). The second-order valence-electron chi connectivity index (χ2n) is 5.28. The second kappa shape index (κ2) is 9.20. The number of unbranched alkanes of at least 4 members (excludes halogenated alkanes) is 3. The van der Waals surface area contributed by atoms with Crippen molar-refractivity contribution in [2.75, 3.05) is 6.61 Å². The Balaban J connectivity index is 2.90. The molecule has 1 N–H and O–H groups in total. The first-order chi connectivity index (χ1) is 10.1. The van der Waals surface area contributed by atoms with Gasteiger partial charge in [-0.05, 0) is 43.5 Å². The van der Waals surface area contributed by atoms with Crippen LogP contribution in [0.4, 0.5) is 0 Å². The Hall–Kier alpha value is -1.79. The minimum Gasteiger partial charge on any atom is -0.493 e. The Morgan fingerprint density at radius 1 is 1.33 bits per heavy atom. The number of allylic oxidation sites excluding steroid dienone is 1. The van der Waals surface area contributed by atoms with E-state index in [2.05, 4.69) is 11.8 Å². The van der Waals surface area contributed by atoms with Crippen LogP contribution in [0.1, 0.15) is 56.2 Å². The number of rotatable bonds is 8. The topological polar surface area (TPSA) is 33.8 Å². The fourth-order valence-corrected chi connectivity index (χ4v) is 2.12. The molecule has 1 aromatic rings. The fraction of sp³-hybridized carbons (Fsp3) is 0.500. The summed E-state index contributed by atoms with van der Waals surface area (Å²) < 4.78 is 5.88. The van der Waals surface area contributed by atoms with Crippen LogP contribution in [-0.4, -0.2) is 11.7 Å². The lowest BCUT2D eigenvalue weighted by Gasteiger charge is -2.13. The predicted molar refractivity (Wildman–Crippen MR) is 87.0 cm³/mol. The Kier molecular flexibility index (Phi) is 7.56. The second-order valence-corrected chi connectivity index (χ2v) is 5.28. The van der Waals surface area contributed by atoms with Crippen LogP contribution in [0.5, 0.6) is 5.75 Å². The largest absolute Gasteiger partial charge is 0.493 e. The lowest BCUT2D eigenvalue weighted by Crippen LogP contribution is -2.01. The molecule has 21 heavy (non-hydrogen) atoms. The molecule has 0 atom stereocenters. The molecule has 3 nitrogen and oxygen atoms in total. The van der Waals surface area contributed by atoms with Gasteiger partial charge in [-0.1, -0.05) is 32.3 Å². The average molecular weight is 287 g/mol. The smallest absolute Gasteiger partial charge is 0.163 e. The molecular weight excluding hydrogens is 262 g/mol. The van der Waals surface area contributed by atoms with Gasteiger partial charge in [-0.25, -0.2) is 4.85 Å².